The van der Waals surface area contributed by atoms with Crippen molar-refractivity contribution in [2.24, 2.45) is 0 Å². The molecule has 0 aliphatic carbocycles. The lowest BCUT2D eigenvalue weighted by Gasteiger charge is -2.18. The maximum Gasteiger partial charge on any atom is 0.243 e. The highest BCUT2D eigenvalue weighted by atomic mass is 32.2. The van der Waals surface area contributed by atoms with Gasteiger partial charge in [0.05, 0.1) is 11.4 Å². The molecule has 0 saturated heterocycles. The first-order valence-electron chi connectivity index (χ1n) is 9.15. The second-order valence-corrected chi connectivity index (χ2v) is 10.7. The first-order valence-corrected chi connectivity index (χ1v) is 11.8. The average Bonchev–Trinajstić information content (AvgIpc) is 3.16. The smallest absolute Gasteiger partial charge is 0.243 e. The molecule has 2 aromatic carbocycles. The summed E-state index contributed by atoms with van der Waals surface area (Å²) in [5.74, 6) is 0.683. The van der Waals surface area contributed by atoms with Crippen LogP contribution in [-0.4, -0.2) is 36.2 Å². The highest BCUT2D eigenvalue weighted by Crippen LogP contribution is 2.25. The molecule has 0 aliphatic rings. The van der Waals surface area contributed by atoms with Crippen LogP contribution in [0.15, 0.2) is 62.8 Å². The predicted octanol–water partition coefficient (Wildman–Crippen LogP) is 4.58. The minimum atomic E-state index is -3.64. The molecule has 0 N–H and O–H groups in total. The number of rotatable bonds is 6. The average molecular weight is 432 g/mol. The third kappa shape index (κ3) is 4.88. The molecule has 3 rings (SSSR count). The summed E-state index contributed by atoms with van der Waals surface area (Å²) in [6, 6.07) is 14.8. The van der Waals surface area contributed by atoms with Gasteiger partial charge in [-0.3, -0.25) is 0 Å². The van der Waals surface area contributed by atoms with Gasteiger partial charge in [-0.15, -0.1) is 11.8 Å². The Kier molecular flexibility index (Phi) is 6.16. The lowest BCUT2D eigenvalue weighted by atomic mass is 9.87. The monoisotopic (exact) mass is 431 g/mol. The van der Waals surface area contributed by atoms with Gasteiger partial charge in [0.15, 0.2) is 0 Å². The van der Waals surface area contributed by atoms with E-state index in [-0.39, 0.29) is 22.7 Å². The summed E-state index contributed by atoms with van der Waals surface area (Å²) in [5.41, 5.74) is 2.10. The molecule has 154 valence electrons. The van der Waals surface area contributed by atoms with E-state index in [2.05, 4.69) is 30.9 Å². The Balaban J connectivity index is 1.75. The van der Waals surface area contributed by atoms with Crippen LogP contribution >= 0.6 is 11.8 Å². The van der Waals surface area contributed by atoms with Crippen LogP contribution in [0.25, 0.3) is 11.4 Å². The minimum absolute atomic E-state index is 0.000310. The van der Waals surface area contributed by atoms with Crippen molar-refractivity contribution >= 4 is 21.8 Å². The van der Waals surface area contributed by atoms with Crippen LogP contribution in [0.1, 0.15) is 32.2 Å². The topological polar surface area (TPSA) is 76.3 Å². The minimum Gasteiger partial charge on any atom is -0.338 e. The van der Waals surface area contributed by atoms with E-state index < -0.39 is 10.0 Å². The van der Waals surface area contributed by atoms with Crippen molar-refractivity contribution in [2.75, 3.05) is 13.3 Å². The molecule has 3 aromatic rings. The highest BCUT2D eigenvalue weighted by Gasteiger charge is 2.23. The van der Waals surface area contributed by atoms with Gasteiger partial charge in [-0.25, -0.2) is 8.42 Å². The molecule has 0 aliphatic heterocycles. The second-order valence-electron chi connectivity index (χ2n) is 7.78. The van der Waals surface area contributed by atoms with Gasteiger partial charge >= 0.3 is 0 Å². The Bertz CT molecular complexity index is 1070. The molecular formula is C21H25N3O3S2. The lowest BCUT2D eigenvalue weighted by molar-refractivity contribution is 0.337. The lowest BCUT2D eigenvalue weighted by Crippen LogP contribution is -2.26. The van der Waals surface area contributed by atoms with Gasteiger partial charge < -0.3 is 4.52 Å². The zero-order chi connectivity index (χ0) is 21.2. The SMILES string of the molecule is CSc1ccc(S(=O)(=O)N(C)Cc2nc(-c3ccc(C(C)(C)C)cc3)no2)cc1. The van der Waals surface area contributed by atoms with E-state index in [0.717, 1.165) is 10.5 Å². The van der Waals surface area contributed by atoms with Gasteiger partial charge in [-0.05, 0) is 41.5 Å². The number of hydrogen-bond acceptors (Lipinski definition) is 6. The van der Waals surface area contributed by atoms with Crippen molar-refractivity contribution in [2.45, 2.75) is 42.5 Å². The normalized spacial score (nSPS) is 12.5. The third-order valence-electron chi connectivity index (χ3n) is 4.60. The molecule has 0 saturated carbocycles. The molecule has 0 atom stereocenters. The number of benzene rings is 2. The zero-order valence-corrected chi connectivity index (χ0v) is 18.8. The Labute approximate surface area is 176 Å². The van der Waals surface area contributed by atoms with Crippen LogP contribution in [0.4, 0.5) is 0 Å². The highest BCUT2D eigenvalue weighted by molar-refractivity contribution is 7.98. The Morgan fingerprint density at radius 3 is 2.21 bits per heavy atom. The molecule has 1 aromatic heterocycles. The standard InChI is InChI=1S/C21H25N3O3S2/c1-21(2,3)16-8-6-15(7-9-16)20-22-19(27-23-20)14-24(4)29(25,26)18-12-10-17(28-5)11-13-18/h6-13H,14H2,1-5H3. The van der Waals surface area contributed by atoms with Gasteiger partial charge in [0.2, 0.25) is 21.7 Å². The molecule has 8 heteroatoms. The van der Waals surface area contributed by atoms with Gasteiger partial charge in [-0.1, -0.05) is 50.2 Å². The Morgan fingerprint density at radius 1 is 1.03 bits per heavy atom. The third-order valence-corrected chi connectivity index (χ3v) is 7.16. The summed E-state index contributed by atoms with van der Waals surface area (Å²) in [7, 11) is -2.14. The molecule has 6 nitrogen and oxygen atoms in total. The molecule has 0 spiro atoms. The summed E-state index contributed by atoms with van der Waals surface area (Å²) >= 11 is 1.56. The fraction of sp³-hybridized carbons (Fsp3) is 0.333. The van der Waals surface area contributed by atoms with E-state index in [0.29, 0.717) is 5.82 Å². The molecule has 0 radical (unpaired) electrons. The summed E-state index contributed by atoms with van der Waals surface area (Å²) in [6.45, 7) is 6.46. The van der Waals surface area contributed by atoms with Crippen molar-refractivity contribution in [3.8, 4) is 11.4 Å². The van der Waals surface area contributed by atoms with E-state index >= 15 is 0 Å². The second kappa shape index (κ2) is 8.30. The van der Waals surface area contributed by atoms with Crippen LogP contribution in [-0.2, 0) is 22.0 Å². The molecule has 0 fully saturated rings. The van der Waals surface area contributed by atoms with E-state index in [4.69, 9.17) is 4.52 Å². The van der Waals surface area contributed by atoms with E-state index in [1.54, 1.807) is 36.0 Å². The van der Waals surface area contributed by atoms with Crippen LogP contribution in [0.2, 0.25) is 0 Å². The van der Waals surface area contributed by atoms with Gasteiger partial charge in [0.25, 0.3) is 0 Å². The first kappa shape index (κ1) is 21.5. The number of thioether (sulfide) groups is 1. The van der Waals surface area contributed by atoms with Crippen molar-refractivity contribution in [1.82, 2.24) is 14.4 Å². The number of nitrogens with zero attached hydrogens (tertiary/aromatic N) is 3. The fourth-order valence-electron chi connectivity index (χ4n) is 2.76. The van der Waals surface area contributed by atoms with Crippen molar-refractivity contribution in [3.05, 3.63) is 60.0 Å². The number of hydrogen-bond donors (Lipinski definition) is 0. The number of sulfonamides is 1. The molecule has 0 amide bonds. The maximum absolute atomic E-state index is 12.8. The van der Waals surface area contributed by atoms with E-state index in [1.165, 1.54) is 16.9 Å². The van der Waals surface area contributed by atoms with Crippen molar-refractivity contribution in [1.29, 1.82) is 0 Å². The summed E-state index contributed by atoms with van der Waals surface area (Å²) in [5, 5.41) is 4.00. The van der Waals surface area contributed by atoms with Gasteiger partial charge in [-0.2, -0.15) is 9.29 Å². The zero-order valence-electron chi connectivity index (χ0n) is 17.2. The first-order chi connectivity index (χ1) is 13.6. The summed E-state index contributed by atoms with van der Waals surface area (Å²) < 4.78 is 32.0. The van der Waals surface area contributed by atoms with E-state index in [1.807, 2.05) is 30.5 Å². The van der Waals surface area contributed by atoms with E-state index in [9.17, 15) is 8.42 Å². The molecule has 1 heterocycles. The fourth-order valence-corrected chi connectivity index (χ4v) is 4.29. The molecule has 0 unspecified atom stereocenters. The summed E-state index contributed by atoms with van der Waals surface area (Å²) in [4.78, 5) is 5.60. The van der Waals surface area contributed by atoms with Crippen molar-refractivity contribution < 1.29 is 12.9 Å². The Morgan fingerprint density at radius 2 is 1.66 bits per heavy atom. The number of aromatic nitrogens is 2. The largest absolute Gasteiger partial charge is 0.338 e. The van der Waals surface area contributed by atoms with Crippen LogP contribution < -0.4 is 0 Å². The maximum atomic E-state index is 12.8. The van der Waals surface area contributed by atoms with Crippen LogP contribution in [0.3, 0.4) is 0 Å². The summed E-state index contributed by atoms with van der Waals surface area (Å²) in [6.07, 6.45) is 1.94. The molecular weight excluding hydrogens is 406 g/mol. The molecule has 29 heavy (non-hydrogen) atoms. The van der Waals surface area contributed by atoms with Crippen molar-refractivity contribution in [3.63, 3.8) is 0 Å². The van der Waals surface area contributed by atoms with Gasteiger partial charge in [0, 0.05) is 17.5 Å². The Hall–Kier alpha value is -2.16. The van der Waals surface area contributed by atoms with Gasteiger partial charge in [0.1, 0.15) is 0 Å². The van der Waals surface area contributed by atoms with Crippen LogP contribution in [0, 0.1) is 0 Å². The van der Waals surface area contributed by atoms with Crippen LogP contribution in [0.5, 0.6) is 0 Å². The predicted molar refractivity (Wildman–Crippen MR) is 115 cm³/mol. The quantitative estimate of drug-likeness (QED) is 0.532. The molecule has 0 bridgehead atoms.